The lowest BCUT2D eigenvalue weighted by Crippen LogP contribution is -2.15. The van der Waals surface area contributed by atoms with E-state index in [0.29, 0.717) is 5.41 Å². The van der Waals surface area contributed by atoms with Gasteiger partial charge in [0.05, 0.1) is 0 Å². The van der Waals surface area contributed by atoms with Crippen LogP contribution in [0.4, 0.5) is 0 Å². The Balaban J connectivity index is 3.64. The molecule has 0 nitrogen and oxygen atoms in total. The quantitative estimate of drug-likeness (QED) is 0.360. The second-order valence-corrected chi connectivity index (χ2v) is 5.79. The van der Waals surface area contributed by atoms with Gasteiger partial charge >= 0.3 is 0 Å². The first-order valence-electron chi connectivity index (χ1n) is 7.68. The van der Waals surface area contributed by atoms with Crippen molar-refractivity contribution in [2.24, 2.45) is 5.41 Å². The summed E-state index contributed by atoms with van der Waals surface area (Å²) in [7, 11) is 0. The molecule has 0 N–H and O–H groups in total. The van der Waals surface area contributed by atoms with Gasteiger partial charge in [-0.3, -0.25) is 0 Å². The normalized spacial score (nSPS) is 12.0. The molecule has 98 valence electrons. The highest BCUT2D eigenvalue weighted by molar-refractivity contribution is 4.72. The molecule has 0 bridgehead atoms. The van der Waals surface area contributed by atoms with Crippen molar-refractivity contribution in [3.05, 3.63) is 0 Å². The van der Waals surface area contributed by atoms with Crippen LogP contribution in [0.5, 0.6) is 0 Å². The zero-order valence-corrected chi connectivity index (χ0v) is 12.3. The van der Waals surface area contributed by atoms with E-state index in [0.717, 1.165) is 0 Å². The van der Waals surface area contributed by atoms with Gasteiger partial charge in [0.1, 0.15) is 0 Å². The summed E-state index contributed by atoms with van der Waals surface area (Å²) >= 11 is 0. The van der Waals surface area contributed by atoms with Crippen LogP contribution in [0.1, 0.15) is 98.3 Å². The monoisotopic (exact) mass is 226 g/mol. The Morgan fingerprint density at radius 2 is 1.06 bits per heavy atom. The molecule has 0 radical (unpaired) electrons. The van der Waals surface area contributed by atoms with E-state index >= 15 is 0 Å². The molecule has 0 heterocycles. The van der Waals surface area contributed by atoms with E-state index in [1.54, 1.807) is 0 Å². The van der Waals surface area contributed by atoms with Gasteiger partial charge in [0.15, 0.2) is 0 Å². The van der Waals surface area contributed by atoms with Gasteiger partial charge in [0.25, 0.3) is 0 Å². The van der Waals surface area contributed by atoms with Crippen molar-refractivity contribution in [1.82, 2.24) is 0 Å². The van der Waals surface area contributed by atoms with Gasteiger partial charge in [0.2, 0.25) is 0 Å². The maximum absolute atomic E-state index is 2.50. The zero-order valence-electron chi connectivity index (χ0n) is 12.3. The number of hydrogen-bond donors (Lipinski definition) is 0. The minimum absolute atomic E-state index is 0.640. The summed E-state index contributed by atoms with van der Waals surface area (Å²) in [5.74, 6) is 0. The van der Waals surface area contributed by atoms with Crippen molar-refractivity contribution in [3.63, 3.8) is 0 Å². The average Bonchev–Trinajstić information content (AvgIpc) is 2.31. The van der Waals surface area contributed by atoms with Gasteiger partial charge < -0.3 is 0 Å². The first-order valence-corrected chi connectivity index (χ1v) is 7.68. The second-order valence-electron chi connectivity index (χ2n) is 5.79. The fraction of sp³-hybridized carbons (Fsp3) is 1.00. The summed E-state index contributed by atoms with van der Waals surface area (Å²) < 4.78 is 0. The van der Waals surface area contributed by atoms with Gasteiger partial charge in [-0.2, -0.15) is 0 Å². The minimum atomic E-state index is 0.640. The molecular formula is C16H34. The van der Waals surface area contributed by atoms with Crippen LogP contribution in [-0.2, 0) is 0 Å². The summed E-state index contributed by atoms with van der Waals surface area (Å²) in [5.41, 5.74) is 0.640. The van der Waals surface area contributed by atoms with E-state index in [2.05, 4.69) is 27.7 Å². The van der Waals surface area contributed by atoms with E-state index < -0.39 is 0 Å². The van der Waals surface area contributed by atoms with Crippen molar-refractivity contribution >= 4 is 0 Å². The van der Waals surface area contributed by atoms with Crippen LogP contribution in [0.15, 0.2) is 0 Å². The lowest BCUT2D eigenvalue weighted by atomic mass is 9.77. The molecule has 0 aromatic carbocycles. The molecule has 0 spiro atoms. The summed E-state index contributed by atoms with van der Waals surface area (Å²) in [6.07, 6.45) is 15.6. The lowest BCUT2D eigenvalue weighted by molar-refractivity contribution is 0.241. The Morgan fingerprint density at radius 3 is 1.38 bits per heavy atom. The molecule has 0 aliphatic heterocycles. The third-order valence-electron chi connectivity index (χ3n) is 4.12. The van der Waals surface area contributed by atoms with Crippen molar-refractivity contribution < 1.29 is 0 Å². The smallest absolute Gasteiger partial charge is 0.0328 e. The Bertz CT molecular complexity index is 125. The highest BCUT2D eigenvalue weighted by atomic mass is 14.3. The average molecular weight is 226 g/mol. The molecule has 0 unspecified atom stereocenters. The van der Waals surface area contributed by atoms with Crippen molar-refractivity contribution in [3.8, 4) is 0 Å². The van der Waals surface area contributed by atoms with Crippen LogP contribution >= 0.6 is 0 Å². The van der Waals surface area contributed by atoms with Gasteiger partial charge in [-0.05, 0) is 18.3 Å². The van der Waals surface area contributed by atoms with Gasteiger partial charge in [-0.15, -0.1) is 0 Å². The molecule has 0 aliphatic carbocycles. The summed E-state index contributed by atoms with van der Waals surface area (Å²) in [4.78, 5) is 0. The largest absolute Gasteiger partial charge is 0.0654 e. The van der Waals surface area contributed by atoms with Gasteiger partial charge in [-0.1, -0.05) is 85.5 Å². The van der Waals surface area contributed by atoms with Crippen LogP contribution < -0.4 is 0 Å². The summed E-state index contributed by atoms with van der Waals surface area (Å²) in [5, 5.41) is 0. The Kier molecular flexibility index (Phi) is 10.2. The number of unbranched alkanes of at least 4 members (excludes halogenated alkanes) is 6. The SMILES string of the molecule is CCCCCCC(C)(CC)CCCCCC. The minimum Gasteiger partial charge on any atom is -0.0654 e. The van der Waals surface area contributed by atoms with Crippen LogP contribution in [0, 0.1) is 5.41 Å². The maximum Gasteiger partial charge on any atom is -0.0328 e. The molecule has 0 aromatic heterocycles. The Hall–Kier alpha value is 0. The lowest BCUT2D eigenvalue weighted by Gasteiger charge is -2.28. The topological polar surface area (TPSA) is 0 Å². The molecule has 0 aromatic rings. The van der Waals surface area contributed by atoms with Gasteiger partial charge in [-0.25, -0.2) is 0 Å². The van der Waals surface area contributed by atoms with E-state index in [1.165, 1.54) is 70.6 Å². The molecule has 0 rings (SSSR count). The molecule has 0 amide bonds. The predicted molar refractivity (Wildman–Crippen MR) is 75.9 cm³/mol. The molecule has 16 heavy (non-hydrogen) atoms. The third-order valence-corrected chi connectivity index (χ3v) is 4.12. The number of hydrogen-bond acceptors (Lipinski definition) is 0. The zero-order chi connectivity index (χ0) is 12.3. The highest BCUT2D eigenvalue weighted by Gasteiger charge is 2.20. The van der Waals surface area contributed by atoms with Crippen LogP contribution in [0.2, 0.25) is 0 Å². The Labute approximate surface area is 104 Å². The standard InChI is InChI=1S/C16H34/c1-5-8-10-12-14-16(4,7-3)15-13-11-9-6-2/h5-15H2,1-4H3. The van der Waals surface area contributed by atoms with Crippen LogP contribution in [0.3, 0.4) is 0 Å². The fourth-order valence-electron chi connectivity index (χ4n) is 2.44. The third kappa shape index (κ3) is 8.19. The van der Waals surface area contributed by atoms with Crippen LogP contribution in [0.25, 0.3) is 0 Å². The Morgan fingerprint density at radius 1 is 0.625 bits per heavy atom. The van der Waals surface area contributed by atoms with E-state index in [9.17, 15) is 0 Å². The second kappa shape index (κ2) is 10.2. The molecular weight excluding hydrogens is 192 g/mol. The molecule has 0 fully saturated rings. The van der Waals surface area contributed by atoms with E-state index in [1.807, 2.05) is 0 Å². The summed E-state index contributed by atoms with van der Waals surface area (Å²) in [6.45, 7) is 9.47. The van der Waals surface area contributed by atoms with E-state index in [-0.39, 0.29) is 0 Å². The first kappa shape index (κ1) is 16.0. The molecule has 0 heteroatoms. The number of rotatable bonds is 11. The maximum atomic E-state index is 2.50. The first-order chi connectivity index (χ1) is 7.68. The highest BCUT2D eigenvalue weighted by Crippen LogP contribution is 2.34. The summed E-state index contributed by atoms with van der Waals surface area (Å²) in [6, 6.07) is 0. The van der Waals surface area contributed by atoms with E-state index in [4.69, 9.17) is 0 Å². The van der Waals surface area contributed by atoms with Crippen molar-refractivity contribution in [1.29, 1.82) is 0 Å². The molecule has 0 saturated heterocycles. The van der Waals surface area contributed by atoms with Crippen molar-refractivity contribution in [2.75, 3.05) is 0 Å². The fourth-order valence-corrected chi connectivity index (χ4v) is 2.44. The predicted octanol–water partition coefficient (Wildman–Crippen LogP) is 6.34. The molecule has 0 atom stereocenters. The van der Waals surface area contributed by atoms with Crippen molar-refractivity contribution in [2.45, 2.75) is 98.3 Å². The molecule has 0 aliphatic rings. The van der Waals surface area contributed by atoms with Crippen LogP contribution in [-0.4, -0.2) is 0 Å². The van der Waals surface area contributed by atoms with Gasteiger partial charge in [0, 0.05) is 0 Å². The molecule has 0 saturated carbocycles.